The number of aryl methyl sites for hydroxylation is 1. The van der Waals surface area contributed by atoms with Gasteiger partial charge in [-0.3, -0.25) is 14.0 Å². The molecular weight excluding hydrogens is 286 g/mol. The number of hydrogen-bond donors (Lipinski definition) is 2. The first kappa shape index (κ1) is 12.2. The predicted octanol–water partition coefficient (Wildman–Crippen LogP) is 0.568. The number of carbonyl (C=O) groups is 2. The summed E-state index contributed by atoms with van der Waals surface area (Å²) in [6, 6.07) is 0. The van der Waals surface area contributed by atoms with Crippen molar-refractivity contribution in [2.45, 2.75) is 6.92 Å². The Hall–Kier alpha value is -1.87. The van der Waals surface area contributed by atoms with Gasteiger partial charge < -0.3 is 5.32 Å². The zero-order chi connectivity index (χ0) is 13.4. The number of hydrogen-bond acceptors (Lipinski definition) is 6. The molecule has 2 N–H and O–H groups in total. The number of hydrazone groups is 1. The van der Waals surface area contributed by atoms with Crippen molar-refractivity contribution in [3.63, 3.8) is 0 Å². The summed E-state index contributed by atoms with van der Waals surface area (Å²) in [4.78, 5) is 28.1. The number of thioether (sulfide) groups is 1. The molecule has 98 valence electrons. The Kier molecular flexibility index (Phi) is 2.99. The molecule has 0 unspecified atom stereocenters. The lowest BCUT2D eigenvalue weighted by atomic mass is 10.3. The van der Waals surface area contributed by atoms with Crippen LogP contribution < -0.4 is 10.7 Å². The van der Waals surface area contributed by atoms with Gasteiger partial charge in [-0.25, -0.2) is 10.4 Å². The smallest absolute Gasteiger partial charge is 0.290 e. The van der Waals surface area contributed by atoms with E-state index < -0.39 is 0 Å². The van der Waals surface area contributed by atoms with Crippen LogP contribution in [0.1, 0.15) is 16.2 Å². The Balaban J connectivity index is 1.82. The maximum absolute atomic E-state index is 12.1. The molecular formula is C10H9N5O2S2. The SMILES string of the molecule is Cc1nc2sccn2c1C(=O)N/N=C1/NC(=O)CS1. The molecule has 3 rings (SSSR count). The summed E-state index contributed by atoms with van der Waals surface area (Å²) in [5.41, 5.74) is 3.53. The number of amidine groups is 1. The quantitative estimate of drug-likeness (QED) is 0.793. The van der Waals surface area contributed by atoms with Gasteiger partial charge in [0.15, 0.2) is 10.1 Å². The lowest BCUT2D eigenvalue weighted by Crippen LogP contribution is -2.26. The van der Waals surface area contributed by atoms with Crippen molar-refractivity contribution in [2.24, 2.45) is 5.10 Å². The third-order valence-corrected chi connectivity index (χ3v) is 4.13. The van der Waals surface area contributed by atoms with Crippen LogP contribution in [0, 0.1) is 6.92 Å². The number of carbonyl (C=O) groups excluding carboxylic acids is 2. The number of fused-ring (bicyclic) bond motifs is 1. The van der Waals surface area contributed by atoms with E-state index in [2.05, 4.69) is 20.8 Å². The van der Waals surface area contributed by atoms with Gasteiger partial charge >= 0.3 is 0 Å². The highest BCUT2D eigenvalue weighted by molar-refractivity contribution is 8.15. The van der Waals surface area contributed by atoms with Crippen LogP contribution in [0.25, 0.3) is 4.96 Å². The van der Waals surface area contributed by atoms with Gasteiger partial charge in [-0.15, -0.1) is 16.4 Å². The number of rotatable bonds is 2. The fourth-order valence-corrected chi connectivity index (χ4v) is 3.10. The first-order valence-corrected chi connectivity index (χ1v) is 7.24. The van der Waals surface area contributed by atoms with E-state index in [0.29, 0.717) is 22.3 Å². The van der Waals surface area contributed by atoms with E-state index in [9.17, 15) is 9.59 Å². The molecule has 2 aromatic rings. The first-order valence-electron chi connectivity index (χ1n) is 5.38. The molecule has 1 aliphatic rings. The Bertz CT molecular complexity index is 702. The molecule has 0 saturated carbocycles. The van der Waals surface area contributed by atoms with E-state index in [1.165, 1.54) is 23.1 Å². The summed E-state index contributed by atoms with van der Waals surface area (Å²) in [7, 11) is 0. The summed E-state index contributed by atoms with van der Waals surface area (Å²) >= 11 is 2.71. The first-order chi connectivity index (χ1) is 9.15. The van der Waals surface area contributed by atoms with Crippen molar-refractivity contribution in [1.82, 2.24) is 20.1 Å². The van der Waals surface area contributed by atoms with Gasteiger partial charge in [0.2, 0.25) is 5.91 Å². The van der Waals surface area contributed by atoms with Gasteiger partial charge in [-0.05, 0) is 6.92 Å². The minimum atomic E-state index is -0.349. The van der Waals surface area contributed by atoms with Gasteiger partial charge in [0.1, 0.15) is 5.69 Å². The summed E-state index contributed by atoms with van der Waals surface area (Å²) in [6.45, 7) is 1.77. The molecule has 1 fully saturated rings. The highest BCUT2D eigenvalue weighted by atomic mass is 32.2. The average molecular weight is 295 g/mol. The van der Waals surface area contributed by atoms with Gasteiger partial charge in [0, 0.05) is 11.6 Å². The topological polar surface area (TPSA) is 87.9 Å². The standard InChI is InChI=1S/C10H9N5O2S2/c1-5-7(15-2-3-18-10(15)11-5)8(17)13-14-9-12-6(16)4-19-9/h2-3H,4H2,1H3,(H,13,17)(H,12,14,16). The van der Waals surface area contributed by atoms with Crippen molar-refractivity contribution in [1.29, 1.82) is 0 Å². The highest BCUT2D eigenvalue weighted by Crippen LogP contribution is 2.16. The molecule has 0 aliphatic carbocycles. The molecule has 2 amide bonds. The zero-order valence-corrected chi connectivity index (χ0v) is 11.5. The van der Waals surface area contributed by atoms with E-state index in [4.69, 9.17) is 0 Å². The predicted molar refractivity (Wildman–Crippen MR) is 73.3 cm³/mol. The van der Waals surface area contributed by atoms with Crippen molar-refractivity contribution in [3.8, 4) is 0 Å². The van der Waals surface area contributed by atoms with Crippen LogP contribution in [0.5, 0.6) is 0 Å². The van der Waals surface area contributed by atoms with Crippen molar-refractivity contribution in [2.75, 3.05) is 5.75 Å². The van der Waals surface area contributed by atoms with E-state index in [-0.39, 0.29) is 11.8 Å². The number of amides is 2. The van der Waals surface area contributed by atoms with Crippen LogP contribution in [-0.2, 0) is 4.79 Å². The van der Waals surface area contributed by atoms with Crippen LogP contribution >= 0.6 is 23.1 Å². The third-order valence-electron chi connectivity index (χ3n) is 2.50. The van der Waals surface area contributed by atoms with Crippen LogP contribution in [-0.4, -0.2) is 32.1 Å². The second-order valence-electron chi connectivity index (χ2n) is 3.80. The van der Waals surface area contributed by atoms with Gasteiger partial charge in [0.05, 0.1) is 11.4 Å². The molecule has 19 heavy (non-hydrogen) atoms. The van der Waals surface area contributed by atoms with Crippen LogP contribution in [0.2, 0.25) is 0 Å². The Morgan fingerprint density at radius 3 is 3.21 bits per heavy atom. The molecule has 1 saturated heterocycles. The number of thiazole rings is 1. The minimum Gasteiger partial charge on any atom is -0.303 e. The fourth-order valence-electron chi connectivity index (χ4n) is 1.71. The van der Waals surface area contributed by atoms with Crippen LogP contribution in [0.15, 0.2) is 16.7 Å². The summed E-state index contributed by atoms with van der Waals surface area (Å²) in [5.74, 6) is -0.133. The average Bonchev–Trinajstić information content (AvgIpc) is 3.02. The molecule has 0 bridgehead atoms. The Labute approximate surface area is 116 Å². The summed E-state index contributed by atoms with van der Waals surface area (Å²) < 4.78 is 1.72. The number of aromatic nitrogens is 2. The van der Waals surface area contributed by atoms with Gasteiger partial charge in [-0.2, -0.15) is 0 Å². The third kappa shape index (κ3) is 2.22. The Morgan fingerprint density at radius 2 is 2.47 bits per heavy atom. The molecule has 0 aromatic carbocycles. The second-order valence-corrected chi connectivity index (χ2v) is 5.63. The van der Waals surface area contributed by atoms with Gasteiger partial charge in [0.25, 0.3) is 5.91 Å². The van der Waals surface area contributed by atoms with Crippen molar-refractivity contribution < 1.29 is 9.59 Å². The second kappa shape index (κ2) is 4.67. The highest BCUT2D eigenvalue weighted by Gasteiger charge is 2.19. The van der Waals surface area contributed by atoms with Crippen molar-refractivity contribution in [3.05, 3.63) is 23.0 Å². The molecule has 0 atom stereocenters. The largest absolute Gasteiger partial charge is 0.303 e. The fraction of sp³-hybridized carbons (Fsp3) is 0.200. The summed E-state index contributed by atoms with van der Waals surface area (Å²) in [5, 5.41) is 8.68. The zero-order valence-electron chi connectivity index (χ0n) is 9.84. The number of imidazole rings is 1. The summed E-state index contributed by atoms with van der Waals surface area (Å²) in [6.07, 6.45) is 1.79. The maximum atomic E-state index is 12.1. The molecule has 3 heterocycles. The van der Waals surface area contributed by atoms with Crippen LogP contribution in [0.3, 0.4) is 0 Å². The monoisotopic (exact) mass is 295 g/mol. The lowest BCUT2D eigenvalue weighted by molar-refractivity contribution is -0.116. The van der Waals surface area contributed by atoms with E-state index >= 15 is 0 Å². The maximum Gasteiger partial charge on any atom is 0.290 e. The molecule has 7 nitrogen and oxygen atoms in total. The lowest BCUT2D eigenvalue weighted by Gasteiger charge is -2.00. The molecule has 2 aromatic heterocycles. The number of nitrogens with zero attached hydrogens (tertiary/aromatic N) is 3. The Morgan fingerprint density at radius 1 is 1.63 bits per heavy atom. The normalized spacial score (nSPS) is 17.1. The molecule has 9 heteroatoms. The van der Waals surface area contributed by atoms with Gasteiger partial charge in [-0.1, -0.05) is 11.8 Å². The number of nitrogens with one attached hydrogen (secondary N) is 2. The minimum absolute atomic E-state index is 0.112. The van der Waals surface area contributed by atoms with E-state index in [1.54, 1.807) is 17.5 Å². The van der Waals surface area contributed by atoms with Crippen LogP contribution in [0.4, 0.5) is 0 Å². The molecule has 0 spiro atoms. The molecule has 0 radical (unpaired) electrons. The molecule has 1 aliphatic heterocycles. The van der Waals surface area contributed by atoms with E-state index in [1.807, 2.05) is 5.38 Å². The van der Waals surface area contributed by atoms with E-state index in [0.717, 1.165) is 4.96 Å². The van der Waals surface area contributed by atoms with Crippen molar-refractivity contribution >= 4 is 45.0 Å².